The van der Waals surface area contributed by atoms with Crippen LogP contribution in [0.15, 0.2) is 22.7 Å². The first-order valence-corrected chi connectivity index (χ1v) is 7.54. The molecule has 1 aromatic carbocycles. The number of halogens is 1. The molecule has 1 unspecified atom stereocenters. The van der Waals surface area contributed by atoms with Gasteiger partial charge in [-0.05, 0) is 45.5 Å². The molecule has 1 aromatic rings. The molecule has 0 aliphatic heterocycles. The van der Waals surface area contributed by atoms with Crippen LogP contribution in [0.5, 0.6) is 0 Å². The van der Waals surface area contributed by atoms with Gasteiger partial charge in [0.2, 0.25) is 0 Å². The molecule has 0 radical (unpaired) electrons. The monoisotopic (exact) mass is 328 g/mol. The molecule has 3 nitrogen and oxygen atoms in total. The lowest BCUT2D eigenvalue weighted by atomic mass is 10.1. The molecule has 0 saturated heterocycles. The van der Waals surface area contributed by atoms with Gasteiger partial charge >= 0.3 is 0 Å². The zero-order valence-electron chi connectivity index (χ0n) is 12.5. The van der Waals surface area contributed by atoms with Crippen LogP contribution in [-0.4, -0.2) is 33.4 Å². The second-order valence-electron chi connectivity index (χ2n) is 5.06. The van der Waals surface area contributed by atoms with Crippen LogP contribution in [-0.2, 0) is 4.74 Å². The van der Waals surface area contributed by atoms with Crippen LogP contribution in [0.3, 0.4) is 0 Å². The second kappa shape index (κ2) is 7.88. The summed E-state index contributed by atoms with van der Waals surface area (Å²) in [5, 5.41) is 3.25. The lowest BCUT2D eigenvalue weighted by Gasteiger charge is -2.22. The Morgan fingerprint density at radius 3 is 2.53 bits per heavy atom. The highest BCUT2D eigenvalue weighted by atomic mass is 79.9. The van der Waals surface area contributed by atoms with Gasteiger partial charge < -0.3 is 15.0 Å². The molecule has 1 rings (SSSR count). The molecule has 0 heterocycles. The van der Waals surface area contributed by atoms with Gasteiger partial charge in [-0.1, -0.05) is 22.0 Å². The van der Waals surface area contributed by atoms with Crippen molar-refractivity contribution in [3.8, 4) is 0 Å². The maximum Gasteiger partial charge on any atom is 0.0644 e. The molecule has 0 amide bonds. The van der Waals surface area contributed by atoms with Gasteiger partial charge in [-0.15, -0.1) is 0 Å². The van der Waals surface area contributed by atoms with Crippen LogP contribution in [0.25, 0.3) is 0 Å². The van der Waals surface area contributed by atoms with Crippen molar-refractivity contribution in [3.63, 3.8) is 0 Å². The Hall–Kier alpha value is -0.580. The number of ether oxygens (including phenoxy) is 1. The fraction of sp³-hybridized carbons (Fsp3) is 0.600. The number of anilines is 1. The molecule has 0 fully saturated rings. The third-order valence-corrected chi connectivity index (χ3v) is 3.89. The van der Waals surface area contributed by atoms with Crippen molar-refractivity contribution in [2.24, 2.45) is 0 Å². The predicted molar refractivity (Wildman–Crippen MR) is 86.0 cm³/mol. The van der Waals surface area contributed by atoms with Crippen molar-refractivity contribution in [1.82, 2.24) is 5.32 Å². The summed E-state index contributed by atoms with van der Waals surface area (Å²) in [7, 11) is 4.06. The Morgan fingerprint density at radius 2 is 2.00 bits per heavy atom. The topological polar surface area (TPSA) is 24.5 Å². The molecular weight excluding hydrogens is 304 g/mol. The Balaban J connectivity index is 2.66. The molecule has 1 atom stereocenters. The zero-order chi connectivity index (χ0) is 14.4. The minimum atomic E-state index is 0.291. The lowest BCUT2D eigenvalue weighted by Crippen LogP contribution is -2.24. The van der Waals surface area contributed by atoms with Crippen LogP contribution >= 0.6 is 15.9 Å². The molecule has 0 aliphatic carbocycles. The summed E-state index contributed by atoms with van der Waals surface area (Å²) in [6.07, 6.45) is 0.291. The van der Waals surface area contributed by atoms with Gasteiger partial charge in [0.25, 0.3) is 0 Å². The molecule has 0 saturated carbocycles. The van der Waals surface area contributed by atoms with E-state index in [0.717, 1.165) is 17.6 Å². The molecule has 4 heteroatoms. The van der Waals surface area contributed by atoms with Gasteiger partial charge in [-0.2, -0.15) is 0 Å². The van der Waals surface area contributed by atoms with Gasteiger partial charge in [0, 0.05) is 29.8 Å². The Kier molecular flexibility index (Phi) is 6.83. The molecule has 19 heavy (non-hydrogen) atoms. The van der Waals surface area contributed by atoms with Crippen LogP contribution in [0.2, 0.25) is 0 Å². The average molecular weight is 329 g/mol. The van der Waals surface area contributed by atoms with Crippen molar-refractivity contribution in [2.75, 3.05) is 32.1 Å². The molecule has 108 valence electrons. The largest absolute Gasteiger partial charge is 0.377 e. The van der Waals surface area contributed by atoms with E-state index >= 15 is 0 Å². The summed E-state index contributed by atoms with van der Waals surface area (Å²) >= 11 is 3.65. The molecule has 0 spiro atoms. The van der Waals surface area contributed by atoms with Gasteiger partial charge in [0.15, 0.2) is 0 Å². The Labute approximate surface area is 125 Å². The number of rotatable bonds is 7. The van der Waals surface area contributed by atoms with Gasteiger partial charge in [-0.25, -0.2) is 0 Å². The van der Waals surface area contributed by atoms with E-state index in [-0.39, 0.29) is 0 Å². The van der Waals surface area contributed by atoms with Crippen LogP contribution in [0.1, 0.15) is 32.4 Å². The van der Waals surface area contributed by atoms with Crippen molar-refractivity contribution < 1.29 is 4.74 Å². The van der Waals surface area contributed by atoms with Gasteiger partial charge in [0.05, 0.1) is 12.7 Å². The van der Waals surface area contributed by atoms with Crippen LogP contribution in [0.4, 0.5) is 5.69 Å². The maximum atomic E-state index is 5.58. The number of nitrogens with zero attached hydrogens (tertiary/aromatic N) is 1. The third kappa shape index (κ3) is 5.13. The fourth-order valence-electron chi connectivity index (χ4n) is 1.81. The van der Waals surface area contributed by atoms with E-state index in [1.54, 1.807) is 0 Å². The minimum Gasteiger partial charge on any atom is -0.377 e. The average Bonchev–Trinajstić information content (AvgIpc) is 2.37. The van der Waals surface area contributed by atoms with E-state index in [0.29, 0.717) is 12.1 Å². The minimum absolute atomic E-state index is 0.291. The van der Waals surface area contributed by atoms with Crippen molar-refractivity contribution in [3.05, 3.63) is 28.2 Å². The summed E-state index contributed by atoms with van der Waals surface area (Å²) < 4.78 is 6.72. The van der Waals surface area contributed by atoms with Gasteiger partial charge in [0.1, 0.15) is 0 Å². The molecule has 0 bridgehead atoms. The number of hydrogen-bond acceptors (Lipinski definition) is 3. The summed E-state index contributed by atoms with van der Waals surface area (Å²) in [6, 6.07) is 6.83. The standard InChI is InChI=1S/C15H25BrN2O/c1-11(2)19-9-8-18(5)13-6-7-14(12(3)17-4)15(16)10-13/h6-7,10-12,17H,8-9H2,1-5H3. The summed E-state index contributed by atoms with van der Waals surface area (Å²) in [4.78, 5) is 2.21. The maximum absolute atomic E-state index is 5.58. The third-order valence-electron chi connectivity index (χ3n) is 3.20. The van der Waals surface area contributed by atoms with Crippen LogP contribution in [0, 0.1) is 0 Å². The second-order valence-corrected chi connectivity index (χ2v) is 5.91. The number of benzene rings is 1. The highest BCUT2D eigenvalue weighted by Crippen LogP contribution is 2.27. The summed E-state index contributed by atoms with van der Waals surface area (Å²) in [6.45, 7) is 7.92. The zero-order valence-corrected chi connectivity index (χ0v) is 14.1. The first kappa shape index (κ1) is 16.5. The van der Waals surface area contributed by atoms with E-state index in [4.69, 9.17) is 4.74 Å². The van der Waals surface area contributed by atoms with E-state index in [1.807, 2.05) is 7.05 Å². The molecule has 0 aromatic heterocycles. The predicted octanol–water partition coefficient (Wildman–Crippen LogP) is 3.59. The lowest BCUT2D eigenvalue weighted by molar-refractivity contribution is 0.0846. The van der Waals surface area contributed by atoms with Crippen LogP contribution < -0.4 is 10.2 Å². The first-order chi connectivity index (χ1) is 8.95. The Morgan fingerprint density at radius 1 is 1.32 bits per heavy atom. The number of nitrogens with one attached hydrogen (secondary N) is 1. The van der Waals surface area contributed by atoms with Crippen molar-refractivity contribution in [2.45, 2.75) is 32.9 Å². The van der Waals surface area contributed by atoms with Gasteiger partial charge in [-0.3, -0.25) is 0 Å². The fourth-order valence-corrected chi connectivity index (χ4v) is 2.52. The highest BCUT2D eigenvalue weighted by molar-refractivity contribution is 9.10. The normalized spacial score (nSPS) is 12.8. The summed E-state index contributed by atoms with van der Waals surface area (Å²) in [5.41, 5.74) is 2.48. The van der Waals surface area contributed by atoms with E-state index < -0.39 is 0 Å². The Bertz CT molecular complexity index is 396. The van der Waals surface area contributed by atoms with Crippen molar-refractivity contribution in [1.29, 1.82) is 0 Å². The van der Waals surface area contributed by atoms with Crippen molar-refractivity contribution >= 4 is 21.6 Å². The number of hydrogen-bond donors (Lipinski definition) is 1. The first-order valence-electron chi connectivity index (χ1n) is 6.75. The van der Waals surface area contributed by atoms with E-state index in [9.17, 15) is 0 Å². The van der Waals surface area contributed by atoms with E-state index in [2.05, 4.69) is 72.2 Å². The molecule has 1 N–H and O–H groups in total. The smallest absolute Gasteiger partial charge is 0.0644 e. The quantitative estimate of drug-likeness (QED) is 0.827. The number of likely N-dealkylation sites (N-methyl/N-ethyl adjacent to an activating group) is 1. The SMILES string of the molecule is CNC(C)c1ccc(N(C)CCOC(C)C)cc1Br. The molecule has 0 aliphatic rings. The molecular formula is C15H25BrN2O. The highest BCUT2D eigenvalue weighted by Gasteiger charge is 2.09. The summed E-state index contributed by atoms with van der Waals surface area (Å²) in [5.74, 6) is 0. The van der Waals surface area contributed by atoms with E-state index in [1.165, 1.54) is 11.3 Å².